The lowest BCUT2D eigenvalue weighted by molar-refractivity contribution is -0.122. The number of unbranched alkanes of at least 4 members (excludes halogenated alkanes) is 2. The van der Waals surface area contributed by atoms with Crippen molar-refractivity contribution >= 4 is 22.6 Å². The van der Waals surface area contributed by atoms with Gasteiger partial charge in [-0.1, -0.05) is 31.9 Å². The Bertz CT molecular complexity index is 1070. The molecule has 0 radical (unpaired) electrons. The van der Waals surface area contributed by atoms with Gasteiger partial charge in [-0.15, -0.1) is 0 Å². The monoisotopic (exact) mass is 405 g/mol. The van der Waals surface area contributed by atoms with Gasteiger partial charge < -0.3 is 14.6 Å². The van der Waals surface area contributed by atoms with Gasteiger partial charge in [-0.25, -0.2) is 4.98 Å². The van der Waals surface area contributed by atoms with Gasteiger partial charge in [0, 0.05) is 13.0 Å². The van der Waals surface area contributed by atoms with Crippen molar-refractivity contribution in [3.8, 4) is 5.75 Å². The van der Waals surface area contributed by atoms with Crippen LogP contribution in [0.15, 0.2) is 36.4 Å². The molecular formula is C25H31N3O2. The molecule has 1 aliphatic heterocycles. The lowest BCUT2D eigenvalue weighted by atomic mass is 9.86. The summed E-state index contributed by atoms with van der Waals surface area (Å²) in [5.74, 6) is 2.04. The molecule has 158 valence electrons. The van der Waals surface area contributed by atoms with Crippen molar-refractivity contribution in [2.75, 3.05) is 18.6 Å². The molecule has 5 heteroatoms. The number of aryl methyl sites for hydroxylation is 2. The van der Waals surface area contributed by atoms with E-state index < -0.39 is 5.41 Å². The van der Waals surface area contributed by atoms with Crippen LogP contribution >= 0.6 is 0 Å². The zero-order chi connectivity index (χ0) is 21.3. The number of aromatic amines is 1. The molecule has 5 nitrogen and oxygen atoms in total. The summed E-state index contributed by atoms with van der Waals surface area (Å²) >= 11 is 0. The fourth-order valence-electron chi connectivity index (χ4n) is 4.34. The summed E-state index contributed by atoms with van der Waals surface area (Å²) in [6.45, 7) is 7.02. The molecule has 0 atom stereocenters. The number of hydrogen-bond donors (Lipinski definition) is 1. The van der Waals surface area contributed by atoms with Gasteiger partial charge in [0.25, 0.3) is 0 Å². The first-order valence-corrected chi connectivity index (χ1v) is 10.9. The molecule has 1 aromatic heterocycles. The van der Waals surface area contributed by atoms with E-state index in [2.05, 4.69) is 36.2 Å². The van der Waals surface area contributed by atoms with Crippen molar-refractivity contribution < 1.29 is 9.53 Å². The standard InChI is InChI=1S/C25H31N3O2/c1-5-6-7-13-28-22-16-21-20(15-19(22)25(2,3)24(28)29)26-23(27-21)12-11-17-9-8-10-18(14-17)30-4/h8-10,14-16H,5-7,11-13H2,1-4H3,(H,26,27). The highest BCUT2D eigenvalue weighted by Crippen LogP contribution is 2.43. The molecule has 0 saturated heterocycles. The number of carbonyl (C=O) groups excluding carboxylic acids is 1. The van der Waals surface area contributed by atoms with Gasteiger partial charge >= 0.3 is 0 Å². The second kappa shape index (κ2) is 8.13. The Balaban J connectivity index is 1.59. The third-order valence-corrected chi connectivity index (χ3v) is 6.16. The molecule has 1 aliphatic rings. The van der Waals surface area contributed by atoms with Crippen LogP contribution in [0.1, 0.15) is 57.0 Å². The third-order valence-electron chi connectivity index (χ3n) is 6.16. The number of nitrogens with zero attached hydrogens (tertiary/aromatic N) is 2. The van der Waals surface area contributed by atoms with Crippen molar-refractivity contribution in [1.29, 1.82) is 0 Å². The van der Waals surface area contributed by atoms with E-state index in [1.165, 1.54) is 5.56 Å². The van der Waals surface area contributed by atoms with E-state index in [1.54, 1.807) is 7.11 Å². The van der Waals surface area contributed by atoms with Gasteiger partial charge in [0.15, 0.2) is 0 Å². The van der Waals surface area contributed by atoms with Crippen molar-refractivity contribution in [2.45, 2.75) is 58.3 Å². The normalized spacial score (nSPS) is 15.1. The van der Waals surface area contributed by atoms with Crippen molar-refractivity contribution in [3.05, 3.63) is 53.3 Å². The molecule has 1 N–H and O–H groups in total. The molecule has 0 bridgehead atoms. The Labute approximate surface area is 178 Å². The average Bonchev–Trinajstić information content (AvgIpc) is 3.23. The van der Waals surface area contributed by atoms with Crippen LogP contribution in [-0.4, -0.2) is 29.5 Å². The number of hydrogen-bond acceptors (Lipinski definition) is 3. The number of ether oxygens (including phenoxy) is 1. The SMILES string of the molecule is CCCCCN1C(=O)C(C)(C)c2cc3[nH]c(CCc4cccc(OC)c4)nc3cc21. The van der Waals surface area contributed by atoms with E-state index in [-0.39, 0.29) is 5.91 Å². The lowest BCUT2D eigenvalue weighted by Crippen LogP contribution is -2.36. The van der Waals surface area contributed by atoms with E-state index in [1.807, 2.05) is 30.9 Å². The Morgan fingerprint density at radius 3 is 2.73 bits per heavy atom. The Kier molecular flexibility index (Phi) is 5.54. The maximum atomic E-state index is 13.0. The molecule has 0 spiro atoms. The zero-order valence-corrected chi connectivity index (χ0v) is 18.4. The number of H-pyrrole nitrogens is 1. The Morgan fingerprint density at radius 2 is 1.97 bits per heavy atom. The second-order valence-corrected chi connectivity index (χ2v) is 8.71. The van der Waals surface area contributed by atoms with Gasteiger partial charge in [0.1, 0.15) is 11.6 Å². The van der Waals surface area contributed by atoms with Crippen LogP contribution in [0, 0.1) is 0 Å². The number of methoxy groups -OCH3 is 1. The molecule has 2 aromatic carbocycles. The minimum absolute atomic E-state index is 0.194. The van der Waals surface area contributed by atoms with E-state index in [4.69, 9.17) is 9.72 Å². The molecule has 0 unspecified atom stereocenters. The fourth-order valence-corrected chi connectivity index (χ4v) is 4.34. The highest BCUT2D eigenvalue weighted by molar-refractivity contribution is 6.09. The number of rotatable bonds is 8. The predicted octanol–water partition coefficient (Wildman–Crippen LogP) is 5.17. The Hall–Kier alpha value is -2.82. The van der Waals surface area contributed by atoms with Crippen LogP contribution in [0.4, 0.5) is 5.69 Å². The number of aromatic nitrogens is 2. The predicted molar refractivity (Wildman–Crippen MR) is 121 cm³/mol. The number of nitrogens with one attached hydrogen (secondary N) is 1. The van der Waals surface area contributed by atoms with Gasteiger partial charge in [0.05, 0.1) is 29.2 Å². The summed E-state index contributed by atoms with van der Waals surface area (Å²) < 4.78 is 5.32. The number of amides is 1. The maximum Gasteiger partial charge on any atom is 0.237 e. The van der Waals surface area contributed by atoms with E-state index >= 15 is 0 Å². The van der Waals surface area contributed by atoms with Crippen LogP contribution in [0.2, 0.25) is 0 Å². The lowest BCUT2D eigenvalue weighted by Gasteiger charge is -2.20. The van der Waals surface area contributed by atoms with Crippen LogP contribution in [0.25, 0.3) is 11.0 Å². The number of benzene rings is 2. The van der Waals surface area contributed by atoms with Gasteiger partial charge in [-0.3, -0.25) is 4.79 Å². The fraction of sp³-hybridized carbons (Fsp3) is 0.440. The molecule has 4 rings (SSSR count). The molecule has 0 aliphatic carbocycles. The zero-order valence-electron chi connectivity index (χ0n) is 18.4. The molecular weight excluding hydrogens is 374 g/mol. The minimum atomic E-state index is -0.498. The first-order chi connectivity index (χ1) is 14.4. The summed E-state index contributed by atoms with van der Waals surface area (Å²) in [6.07, 6.45) is 5.03. The number of fused-ring (bicyclic) bond motifs is 2. The van der Waals surface area contributed by atoms with E-state index in [9.17, 15) is 4.79 Å². The molecule has 1 amide bonds. The second-order valence-electron chi connectivity index (χ2n) is 8.71. The van der Waals surface area contributed by atoms with Crippen LogP contribution in [-0.2, 0) is 23.1 Å². The van der Waals surface area contributed by atoms with Crippen LogP contribution in [0.5, 0.6) is 5.75 Å². The van der Waals surface area contributed by atoms with Crippen molar-refractivity contribution in [1.82, 2.24) is 9.97 Å². The molecule has 0 fully saturated rings. The van der Waals surface area contributed by atoms with Gasteiger partial charge in [0.2, 0.25) is 5.91 Å². The summed E-state index contributed by atoms with van der Waals surface area (Å²) in [5.41, 5.74) is 4.79. The molecule has 30 heavy (non-hydrogen) atoms. The van der Waals surface area contributed by atoms with E-state index in [0.717, 1.165) is 72.5 Å². The Morgan fingerprint density at radius 1 is 1.13 bits per heavy atom. The molecule has 3 aromatic rings. The maximum absolute atomic E-state index is 13.0. The first-order valence-electron chi connectivity index (χ1n) is 10.9. The minimum Gasteiger partial charge on any atom is -0.497 e. The van der Waals surface area contributed by atoms with Gasteiger partial charge in [-0.05, 0) is 62.1 Å². The number of anilines is 1. The van der Waals surface area contributed by atoms with Crippen molar-refractivity contribution in [3.63, 3.8) is 0 Å². The molecule has 0 saturated carbocycles. The highest BCUT2D eigenvalue weighted by atomic mass is 16.5. The first kappa shape index (κ1) is 20.5. The molecule has 2 heterocycles. The quantitative estimate of drug-likeness (QED) is 0.526. The highest BCUT2D eigenvalue weighted by Gasteiger charge is 2.43. The number of carbonyl (C=O) groups is 1. The topological polar surface area (TPSA) is 58.2 Å². The third kappa shape index (κ3) is 3.69. The van der Waals surface area contributed by atoms with Crippen LogP contribution < -0.4 is 9.64 Å². The summed E-state index contributed by atoms with van der Waals surface area (Å²) in [6, 6.07) is 12.4. The average molecular weight is 406 g/mol. The van der Waals surface area contributed by atoms with E-state index in [0.29, 0.717) is 0 Å². The summed E-state index contributed by atoms with van der Waals surface area (Å²) in [7, 11) is 1.69. The largest absolute Gasteiger partial charge is 0.497 e. The van der Waals surface area contributed by atoms with Crippen LogP contribution in [0.3, 0.4) is 0 Å². The van der Waals surface area contributed by atoms with Crippen molar-refractivity contribution in [2.24, 2.45) is 0 Å². The van der Waals surface area contributed by atoms with Gasteiger partial charge in [-0.2, -0.15) is 0 Å². The number of imidazole rings is 1. The summed E-state index contributed by atoms with van der Waals surface area (Å²) in [5, 5.41) is 0. The summed E-state index contributed by atoms with van der Waals surface area (Å²) in [4.78, 5) is 23.3. The smallest absolute Gasteiger partial charge is 0.237 e.